The second kappa shape index (κ2) is 4.37. The van der Waals surface area contributed by atoms with Crippen molar-refractivity contribution in [3.8, 4) is 0 Å². The van der Waals surface area contributed by atoms with E-state index in [0.717, 1.165) is 12.1 Å². The zero-order chi connectivity index (χ0) is 12.5. The van der Waals surface area contributed by atoms with Crippen molar-refractivity contribution < 1.29 is 22.0 Å². The van der Waals surface area contributed by atoms with Crippen LogP contribution in [0.2, 0.25) is 0 Å². The van der Waals surface area contributed by atoms with E-state index in [0.29, 0.717) is 0 Å². The van der Waals surface area contributed by atoms with Gasteiger partial charge in [0.05, 0.1) is 6.42 Å². The van der Waals surface area contributed by atoms with Crippen molar-refractivity contribution in [1.82, 2.24) is 0 Å². The van der Waals surface area contributed by atoms with Crippen molar-refractivity contribution in [1.29, 1.82) is 0 Å². The Kier molecular flexibility index (Phi) is 3.52. The van der Waals surface area contributed by atoms with Crippen LogP contribution in [0.15, 0.2) is 12.1 Å². The number of nitrogens with two attached hydrogens (primary N) is 1. The Labute approximate surface area is 89.1 Å². The average Bonchev–Trinajstić information content (AvgIpc) is 2.09. The summed E-state index contributed by atoms with van der Waals surface area (Å²) in [7, 11) is 0. The van der Waals surface area contributed by atoms with Gasteiger partial charge < -0.3 is 5.73 Å². The molecule has 1 rings (SSSR count). The molecule has 0 aliphatic rings. The standard InChI is InChI=1S/C10H10F5N/c1-5-2-3-6(11)8(9(5)12)7(16)4-10(13,14)15/h2-3,7H,4,16H2,1H3/t7-/m0/s1. The average molecular weight is 239 g/mol. The molecule has 0 heterocycles. The first kappa shape index (κ1) is 12.9. The third-order valence-electron chi connectivity index (χ3n) is 2.14. The van der Waals surface area contributed by atoms with Gasteiger partial charge in [0.2, 0.25) is 0 Å². The van der Waals surface area contributed by atoms with Gasteiger partial charge in [0, 0.05) is 11.6 Å². The van der Waals surface area contributed by atoms with E-state index >= 15 is 0 Å². The van der Waals surface area contributed by atoms with E-state index in [1.807, 2.05) is 0 Å². The van der Waals surface area contributed by atoms with Crippen LogP contribution in [0, 0.1) is 18.6 Å². The summed E-state index contributed by atoms with van der Waals surface area (Å²) in [5, 5.41) is 0. The summed E-state index contributed by atoms with van der Waals surface area (Å²) in [5.41, 5.74) is 4.50. The smallest absolute Gasteiger partial charge is 0.323 e. The predicted molar refractivity (Wildman–Crippen MR) is 48.7 cm³/mol. The first-order chi connectivity index (χ1) is 7.22. The van der Waals surface area contributed by atoms with Crippen LogP contribution in [-0.2, 0) is 0 Å². The number of rotatable bonds is 2. The van der Waals surface area contributed by atoms with Gasteiger partial charge in [-0.2, -0.15) is 13.2 Å². The highest BCUT2D eigenvalue weighted by atomic mass is 19.4. The second-order valence-electron chi connectivity index (χ2n) is 3.52. The highest BCUT2D eigenvalue weighted by Gasteiger charge is 2.33. The van der Waals surface area contributed by atoms with Crippen LogP contribution in [0.25, 0.3) is 0 Å². The Morgan fingerprint density at radius 1 is 1.25 bits per heavy atom. The highest BCUT2D eigenvalue weighted by molar-refractivity contribution is 5.29. The van der Waals surface area contributed by atoms with Gasteiger partial charge in [-0.25, -0.2) is 8.78 Å². The molecule has 2 N–H and O–H groups in total. The topological polar surface area (TPSA) is 26.0 Å². The molecule has 90 valence electrons. The van der Waals surface area contributed by atoms with E-state index in [-0.39, 0.29) is 5.56 Å². The number of alkyl halides is 3. The second-order valence-corrected chi connectivity index (χ2v) is 3.52. The molecular formula is C10H10F5N. The number of hydrogen-bond donors (Lipinski definition) is 1. The fourth-order valence-corrected chi connectivity index (χ4v) is 1.37. The van der Waals surface area contributed by atoms with Crippen molar-refractivity contribution >= 4 is 0 Å². The Balaban J connectivity index is 3.08. The van der Waals surface area contributed by atoms with Crippen LogP contribution in [0.5, 0.6) is 0 Å². The van der Waals surface area contributed by atoms with Gasteiger partial charge in [0.15, 0.2) is 0 Å². The molecule has 1 aromatic carbocycles. The maximum absolute atomic E-state index is 13.4. The minimum absolute atomic E-state index is 0.0639. The molecule has 1 nitrogen and oxygen atoms in total. The zero-order valence-corrected chi connectivity index (χ0v) is 8.41. The summed E-state index contributed by atoms with van der Waals surface area (Å²) in [5.74, 6) is -2.07. The lowest BCUT2D eigenvalue weighted by molar-refractivity contribution is -0.138. The van der Waals surface area contributed by atoms with Crippen LogP contribution in [0.4, 0.5) is 22.0 Å². The molecule has 0 aliphatic carbocycles. The lowest BCUT2D eigenvalue weighted by atomic mass is 10.0. The summed E-state index contributed by atoms with van der Waals surface area (Å²) in [6.07, 6.45) is -6.01. The Bertz CT molecular complexity index is 386. The molecule has 0 fully saturated rings. The molecule has 0 radical (unpaired) electrons. The molecule has 0 aliphatic heterocycles. The monoisotopic (exact) mass is 239 g/mol. The van der Waals surface area contributed by atoms with Crippen molar-refractivity contribution in [2.75, 3.05) is 0 Å². The van der Waals surface area contributed by atoms with Gasteiger partial charge in [0.1, 0.15) is 11.6 Å². The van der Waals surface area contributed by atoms with Crippen LogP contribution in [-0.4, -0.2) is 6.18 Å². The quantitative estimate of drug-likeness (QED) is 0.788. The number of hydrogen-bond acceptors (Lipinski definition) is 1. The Morgan fingerprint density at radius 3 is 2.31 bits per heavy atom. The van der Waals surface area contributed by atoms with Gasteiger partial charge in [-0.1, -0.05) is 6.07 Å². The van der Waals surface area contributed by atoms with E-state index in [2.05, 4.69) is 0 Å². The molecule has 0 unspecified atom stereocenters. The van der Waals surface area contributed by atoms with Crippen LogP contribution < -0.4 is 5.73 Å². The predicted octanol–water partition coefficient (Wildman–Crippen LogP) is 3.23. The summed E-state index contributed by atoms with van der Waals surface area (Å²) < 4.78 is 62.7. The molecule has 1 atom stereocenters. The molecule has 0 spiro atoms. The van der Waals surface area contributed by atoms with Gasteiger partial charge in [-0.15, -0.1) is 0 Å². The normalized spacial score (nSPS) is 13.9. The largest absolute Gasteiger partial charge is 0.390 e. The summed E-state index contributed by atoms with van der Waals surface area (Å²) in [4.78, 5) is 0. The van der Waals surface area contributed by atoms with Gasteiger partial charge >= 0.3 is 6.18 Å². The molecule has 0 saturated heterocycles. The van der Waals surface area contributed by atoms with Crippen molar-refractivity contribution in [3.05, 3.63) is 34.9 Å². The lowest BCUT2D eigenvalue weighted by Gasteiger charge is -2.16. The summed E-state index contributed by atoms with van der Waals surface area (Å²) >= 11 is 0. The van der Waals surface area contributed by atoms with Crippen LogP contribution in [0.3, 0.4) is 0 Å². The van der Waals surface area contributed by atoms with Gasteiger partial charge in [0.25, 0.3) is 0 Å². The molecular weight excluding hydrogens is 229 g/mol. The third-order valence-corrected chi connectivity index (χ3v) is 2.14. The minimum atomic E-state index is -4.55. The molecule has 0 saturated carbocycles. The Hall–Kier alpha value is -1.17. The van der Waals surface area contributed by atoms with Crippen molar-refractivity contribution in [2.45, 2.75) is 25.6 Å². The summed E-state index contributed by atoms with van der Waals surface area (Å²) in [6.45, 7) is 1.33. The van der Waals surface area contributed by atoms with E-state index in [1.165, 1.54) is 6.92 Å². The Morgan fingerprint density at radius 2 is 1.81 bits per heavy atom. The molecule has 6 heteroatoms. The number of aryl methyl sites for hydroxylation is 1. The van der Waals surface area contributed by atoms with E-state index in [9.17, 15) is 22.0 Å². The SMILES string of the molecule is Cc1ccc(F)c([C@@H](N)CC(F)(F)F)c1F. The molecule has 16 heavy (non-hydrogen) atoms. The van der Waals surface area contributed by atoms with Crippen LogP contribution in [0.1, 0.15) is 23.6 Å². The van der Waals surface area contributed by atoms with Gasteiger partial charge in [-0.05, 0) is 18.6 Å². The maximum atomic E-state index is 13.4. The molecule has 0 amide bonds. The summed E-state index contributed by atoms with van der Waals surface area (Å²) in [6, 6.07) is 0.332. The fraction of sp³-hybridized carbons (Fsp3) is 0.400. The van der Waals surface area contributed by atoms with Gasteiger partial charge in [-0.3, -0.25) is 0 Å². The molecule has 0 bridgehead atoms. The minimum Gasteiger partial charge on any atom is -0.323 e. The third kappa shape index (κ3) is 2.91. The number of halogens is 5. The first-order valence-corrected chi connectivity index (χ1v) is 4.49. The van der Waals surface area contributed by atoms with E-state index < -0.39 is 35.8 Å². The van der Waals surface area contributed by atoms with Crippen LogP contribution >= 0.6 is 0 Å². The fourth-order valence-electron chi connectivity index (χ4n) is 1.37. The molecule has 0 aromatic heterocycles. The zero-order valence-electron chi connectivity index (χ0n) is 8.41. The van der Waals surface area contributed by atoms with E-state index in [4.69, 9.17) is 5.73 Å². The van der Waals surface area contributed by atoms with Crippen molar-refractivity contribution in [3.63, 3.8) is 0 Å². The number of benzene rings is 1. The van der Waals surface area contributed by atoms with Crippen molar-refractivity contribution in [2.24, 2.45) is 5.73 Å². The van der Waals surface area contributed by atoms with E-state index in [1.54, 1.807) is 0 Å². The molecule has 1 aromatic rings. The highest BCUT2D eigenvalue weighted by Crippen LogP contribution is 2.31. The maximum Gasteiger partial charge on any atom is 0.390 e. The first-order valence-electron chi connectivity index (χ1n) is 4.49. The lowest BCUT2D eigenvalue weighted by Crippen LogP contribution is -2.22.